The molecule has 21 heavy (non-hydrogen) atoms. The van der Waals surface area contributed by atoms with Crippen molar-refractivity contribution < 1.29 is 38.7 Å². The molecule has 0 aromatic heterocycles. The van der Waals surface area contributed by atoms with E-state index in [0.717, 1.165) is 12.2 Å². The second-order valence-electron chi connectivity index (χ2n) is 3.22. The average Bonchev–Trinajstić information content (AvgIpc) is 2.46. The number of hydrogen-bond acceptors (Lipinski definition) is 9. The first-order valence-electron chi connectivity index (χ1n) is 6.01. The van der Waals surface area contributed by atoms with E-state index in [9.17, 15) is 4.79 Å². The Morgan fingerprint density at radius 2 is 1.67 bits per heavy atom. The molecule has 0 bridgehead atoms. The molecule has 1 unspecified atom stereocenters. The number of hydrogen-bond donors (Lipinski definition) is 3. The number of nitrogens with one attached hydrogen (secondary N) is 1. The first kappa shape index (κ1) is 21.7. The molecule has 0 saturated heterocycles. The van der Waals surface area contributed by atoms with Gasteiger partial charge in [0.1, 0.15) is 6.61 Å². The quantitative estimate of drug-likeness (QED) is 0.104. The van der Waals surface area contributed by atoms with Gasteiger partial charge < -0.3 is 29.2 Å². The molecule has 0 spiro atoms. The van der Waals surface area contributed by atoms with E-state index in [2.05, 4.69) is 11.3 Å². The number of isocyanates is 1. The molecule has 0 radical (unpaired) electrons. The lowest BCUT2D eigenvalue weighted by molar-refractivity contribution is -0.172. The molecule has 1 atom stereocenters. The summed E-state index contributed by atoms with van der Waals surface area (Å²) in [6.45, 7) is 4.76. The lowest BCUT2D eigenvalue weighted by atomic mass is 10.6. The van der Waals surface area contributed by atoms with Crippen molar-refractivity contribution in [3.63, 3.8) is 0 Å². The van der Waals surface area contributed by atoms with Crippen LogP contribution in [0.15, 0.2) is 12.7 Å². The van der Waals surface area contributed by atoms with Crippen molar-refractivity contribution in [3.8, 4) is 0 Å². The van der Waals surface area contributed by atoms with Crippen LogP contribution in [-0.2, 0) is 28.5 Å². The minimum absolute atomic E-state index is 0.00950. The van der Waals surface area contributed by atoms with E-state index in [0.29, 0.717) is 26.4 Å². The van der Waals surface area contributed by atoms with Crippen LogP contribution < -0.4 is 0 Å². The van der Waals surface area contributed by atoms with Crippen LogP contribution in [0.2, 0.25) is 0 Å². The van der Waals surface area contributed by atoms with Crippen molar-refractivity contribution in [1.29, 1.82) is 5.41 Å². The third kappa shape index (κ3) is 20.9. The van der Waals surface area contributed by atoms with E-state index in [1.54, 1.807) is 0 Å². The maximum absolute atomic E-state index is 10.7. The van der Waals surface area contributed by atoms with Crippen LogP contribution in [0.1, 0.15) is 0 Å². The zero-order valence-electron chi connectivity index (χ0n) is 11.7. The highest BCUT2D eigenvalue weighted by Crippen LogP contribution is 1.91. The summed E-state index contributed by atoms with van der Waals surface area (Å²) in [7, 11) is 0. The molecule has 9 heteroatoms. The summed E-state index contributed by atoms with van der Waals surface area (Å²) >= 11 is 0. The Kier molecular flexibility index (Phi) is 19.0. The Hall–Kier alpha value is -1.61. The highest BCUT2D eigenvalue weighted by Gasteiger charge is 2.07. The fraction of sp³-hybridized carbons (Fsp3) is 0.667. The van der Waals surface area contributed by atoms with Gasteiger partial charge in [-0.3, -0.25) is 0 Å². The first-order chi connectivity index (χ1) is 10.1. The highest BCUT2D eigenvalue weighted by molar-refractivity contribution is 5.81. The van der Waals surface area contributed by atoms with Crippen LogP contribution in [-0.4, -0.2) is 74.8 Å². The molecule has 0 rings (SSSR count). The summed E-state index contributed by atoms with van der Waals surface area (Å²) in [6, 6.07) is 0. The number of esters is 1. The van der Waals surface area contributed by atoms with Gasteiger partial charge in [0.2, 0.25) is 12.4 Å². The van der Waals surface area contributed by atoms with Crippen molar-refractivity contribution in [2.75, 3.05) is 46.2 Å². The van der Waals surface area contributed by atoms with Crippen LogP contribution >= 0.6 is 0 Å². The van der Waals surface area contributed by atoms with Crippen LogP contribution in [0.25, 0.3) is 0 Å². The van der Waals surface area contributed by atoms with Crippen molar-refractivity contribution in [2.45, 2.75) is 6.29 Å². The van der Waals surface area contributed by atoms with E-state index in [-0.39, 0.29) is 19.8 Å². The molecule has 0 aliphatic rings. The summed E-state index contributed by atoms with van der Waals surface area (Å²) in [6.07, 6.45) is 0.405. The van der Waals surface area contributed by atoms with E-state index in [1.807, 2.05) is 0 Å². The molecule has 0 heterocycles. The lowest BCUT2D eigenvalue weighted by Crippen LogP contribution is -2.23. The second kappa shape index (κ2) is 18.4. The van der Waals surface area contributed by atoms with Gasteiger partial charge in [0, 0.05) is 6.08 Å². The minimum Gasteiger partial charge on any atom is -0.430 e. The fourth-order valence-corrected chi connectivity index (χ4v) is 0.905. The summed E-state index contributed by atoms with van der Waals surface area (Å²) in [5.41, 5.74) is 0. The number of carbonyl (C=O) groups excluding carboxylic acids is 2. The molecule has 0 fully saturated rings. The standard InChI is InChI=1S/C11H20O7.CHNO/c1-2-10(13)18-11(14)9-17-8-7-16-6-5-15-4-3-12;2-1-3/h2,11-12,14H,1,3-9H2;2H. The van der Waals surface area contributed by atoms with Gasteiger partial charge in [0.25, 0.3) is 0 Å². The zero-order chi connectivity index (χ0) is 16.3. The minimum atomic E-state index is -1.30. The third-order valence-corrected chi connectivity index (χ3v) is 1.66. The third-order valence-electron chi connectivity index (χ3n) is 1.66. The topological polar surface area (TPSA) is 135 Å². The van der Waals surface area contributed by atoms with Gasteiger partial charge in [-0.15, -0.1) is 0 Å². The molecule has 122 valence electrons. The molecule has 0 aliphatic heterocycles. The second-order valence-corrected chi connectivity index (χ2v) is 3.22. The number of rotatable bonds is 12. The van der Waals surface area contributed by atoms with Crippen molar-refractivity contribution >= 4 is 12.0 Å². The SMILES string of the molecule is C=CC(=O)OC(O)COCCOCCOCCO.N=C=O. The summed E-state index contributed by atoms with van der Waals surface area (Å²) in [5.74, 6) is -0.705. The largest absolute Gasteiger partial charge is 0.430 e. The van der Waals surface area contributed by atoms with Crippen LogP contribution in [0, 0.1) is 5.41 Å². The zero-order valence-corrected chi connectivity index (χ0v) is 11.7. The molecule has 9 nitrogen and oxygen atoms in total. The van der Waals surface area contributed by atoms with Gasteiger partial charge >= 0.3 is 5.97 Å². The van der Waals surface area contributed by atoms with Crippen LogP contribution in [0.3, 0.4) is 0 Å². The summed E-state index contributed by atoms with van der Waals surface area (Å²) in [5, 5.41) is 23.0. The maximum Gasteiger partial charge on any atom is 0.332 e. The van der Waals surface area contributed by atoms with Gasteiger partial charge in [-0.2, -0.15) is 0 Å². The predicted molar refractivity (Wildman–Crippen MR) is 70.3 cm³/mol. The molecule has 0 aromatic rings. The van der Waals surface area contributed by atoms with Crippen molar-refractivity contribution in [2.24, 2.45) is 0 Å². The Morgan fingerprint density at radius 3 is 2.14 bits per heavy atom. The van der Waals surface area contributed by atoms with E-state index < -0.39 is 12.3 Å². The number of carbonyl (C=O) groups is 1. The number of aliphatic hydroxyl groups is 2. The molecule has 0 saturated carbocycles. The predicted octanol–water partition coefficient (Wildman–Crippen LogP) is -1.02. The van der Waals surface area contributed by atoms with E-state index >= 15 is 0 Å². The smallest absolute Gasteiger partial charge is 0.332 e. The monoisotopic (exact) mass is 307 g/mol. The Balaban J connectivity index is 0. The number of ether oxygens (including phenoxy) is 4. The van der Waals surface area contributed by atoms with Crippen LogP contribution in [0.4, 0.5) is 0 Å². The number of aliphatic hydroxyl groups excluding tert-OH is 2. The van der Waals surface area contributed by atoms with Crippen LogP contribution in [0.5, 0.6) is 0 Å². The van der Waals surface area contributed by atoms with E-state index in [4.69, 9.17) is 34.6 Å². The molecular formula is C12H21NO8. The molecule has 0 aromatic carbocycles. The Labute approximate surface area is 122 Å². The molecule has 3 N–H and O–H groups in total. The van der Waals surface area contributed by atoms with Crippen molar-refractivity contribution in [1.82, 2.24) is 0 Å². The molecule has 0 amide bonds. The maximum atomic E-state index is 10.7. The van der Waals surface area contributed by atoms with Gasteiger partial charge in [0.15, 0.2) is 0 Å². The Bertz CT molecular complexity index is 291. The molecular weight excluding hydrogens is 286 g/mol. The fourth-order valence-electron chi connectivity index (χ4n) is 0.905. The summed E-state index contributed by atoms with van der Waals surface area (Å²) < 4.78 is 19.5. The highest BCUT2D eigenvalue weighted by atomic mass is 16.7. The van der Waals surface area contributed by atoms with Gasteiger partial charge in [-0.25, -0.2) is 15.0 Å². The van der Waals surface area contributed by atoms with Gasteiger partial charge in [-0.1, -0.05) is 6.58 Å². The van der Waals surface area contributed by atoms with Gasteiger partial charge in [0.05, 0.1) is 39.6 Å². The van der Waals surface area contributed by atoms with Crippen molar-refractivity contribution in [3.05, 3.63) is 12.7 Å². The first-order valence-corrected chi connectivity index (χ1v) is 6.01. The lowest BCUT2D eigenvalue weighted by Gasteiger charge is -2.11. The van der Waals surface area contributed by atoms with E-state index in [1.165, 1.54) is 0 Å². The van der Waals surface area contributed by atoms with Gasteiger partial charge in [-0.05, 0) is 0 Å². The normalized spacial score (nSPS) is 10.8. The molecule has 0 aliphatic carbocycles. The Morgan fingerprint density at radius 1 is 1.19 bits per heavy atom. The average molecular weight is 307 g/mol. The summed E-state index contributed by atoms with van der Waals surface area (Å²) in [4.78, 5) is 19.0.